The highest BCUT2D eigenvalue weighted by atomic mass is 16.5. The molecule has 0 amide bonds. The normalized spacial score (nSPS) is 13.8. The van der Waals surface area contributed by atoms with Crippen LogP contribution in [0.3, 0.4) is 0 Å². The smallest absolute Gasteiger partial charge is 0.0488 e. The Bertz CT molecular complexity index is 93.8. The molecule has 0 saturated heterocycles. The fourth-order valence-corrected chi connectivity index (χ4v) is 0.955. The van der Waals surface area contributed by atoms with Gasteiger partial charge in [0.25, 0.3) is 0 Å². The highest BCUT2D eigenvalue weighted by molar-refractivity contribution is 4.55. The Balaban J connectivity index is 3.00. The highest BCUT2D eigenvalue weighted by Gasteiger charge is 1.97. The first-order valence-electron chi connectivity index (χ1n) is 4.91. The summed E-state index contributed by atoms with van der Waals surface area (Å²) in [5, 5.41) is 3.21. The first kappa shape index (κ1) is 11.9. The SMILES string of the molecule is CNC(C)CCCOCC(C)C. The monoisotopic (exact) mass is 173 g/mol. The molecule has 12 heavy (non-hydrogen) atoms. The van der Waals surface area contributed by atoms with E-state index in [4.69, 9.17) is 4.74 Å². The van der Waals surface area contributed by atoms with Gasteiger partial charge in [0, 0.05) is 19.3 Å². The second-order valence-electron chi connectivity index (χ2n) is 3.80. The number of hydrogen-bond acceptors (Lipinski definition) is 2. The van der Waals surface area contributed by atoms with E-state index in [1.165, 1.54) is 6.42 Å². The Hall–Kier alpha value is -0.0800. The van der Waals surface area contributed by atoms with Crippen LogP contribution in [0.4, 0.5) is 0 Å². The van der Waals surface area contributed by atoms with Gasteiger partial charge < -0.3 is 10.1 Å². The van der Waals surface area contributed by atoms with Crippen LogP contribution < -0.4 is 5.32 Å². The molecule has 0 fully saturated rings. The summed E-state index contributed by atoms with van der Waals surface area (Å²) in [6.45, 7) is 8.35. The van der Waals surface area contributed by atoms with E-state index in [1.54, 1.807) is 0 Å². The number of ether oxygens (including phenoxy) is 1. The number of hydrogen-bond donors (Lipinski definition) is 1. The van der Waals surface area contributed by atoms with Crippen LogP contribution in [0.5, 0.6) is 0 Å². The van der Waals surface area contributed by atoms with Crippen molar-refractivity contribution < 1.29 is 4.74 Å². The largest absolute Gasteiger partial charge is 0.381 e. The third-order valence-corrected chi connectivity index (χ3v) is 1.87. The molecule has 0 aliphatic rings. The summed E-state index contributed by atoms with van der Waals surface area (Å²) in [6.07, 6.45) is 2.36. The van der Waals surface area contributed by atoms with Crippen LogP contribution in [0.1, 0.15) is 33.6 Å². The van der Waals surface area contributed by atoms with Gasteiger partial charge in [0.2, 0.25) is 0 Å². The predicted molar refractivity (Wildman–Crippen MR) is 53.4 cm³/mol. The van der Waals surface area contributed by atoms with Crippen LogP contribution >= 0.6 is 0 Å². The molecular weight excluding hydrogens is 150 g/mol. The van der Waals surface area contributed by atoms with Gasteiger partial charge in [0.1, 0.15) is 0 Å². The lowest BCUT2D eigenvalue weighted by atomic mass is 10.2. The van der Waals surface area contributed by atoms with Crippen molar-refractivity contribution in [2.24, 2.45) is 5.92 Å². The Kier molecular flexibility index (Phi) is 7.51. The van der Waals surface area contributed by atoms with Gasteiger partial charge in [-0.1, -0.05) is 13.8 Å². The maximum atomic E-state index is 5.46. The molecule has 0 saturated carbocycles. The molecule has 2 nitrogen and oxygen atoms in total. The van der Waals surface area contributed by atoms with Crippen LogP contribution in [-0.4, -0.2) is 26.3 Å². The zero-order valence-corrected chi connectivity index (χ0v) is 8.89. The molecule has 0 radical (unpaired) electrons. The Labute approximate surface area is 76.7 Å². The molecule has 0 bridgehead atoms. The summed E-state index contributed by atoms with van der Waals surface area (Å²) in [5.41, 5.74) is 0. The van der Waals surface area contributed by atoms with Crippen LogP contribution in [0.15, 0.2) is 0 Å². The third-order valence-electron chi connectivity index (χ3n) is 1.87. The first-order valence-corrected chi connectivity index (χ1v) is 4.91. The number of rotatable bonds is 7. The lowest BCUT2D eigenvalue weighted by Gasteiger charge is -2.10. The average Bonchev–Trinajstić information content (AvgIpc) is 2.03. The molecule has 0 aromatic carbocycles. The molecule has 0 aliphatic heterocycles. The van der Waals surface area contributed by atoms with Crippen molar-refractivity contribution in [3.8, 4) is 0 Å². The molecule has 2 heteroatoms. The van der Waals surface area contributed by atoms with Crippen LogP contribution in [-0.2, 0) is 4.74 Å². The fraction of sp³-hybridized carbons (Fsp3) is 1.00. The standard InChI is InChI=1S/C10H23NO/c1-9(2)8-12-7-5-6-10(3)11-4/h9-11H,5-8H2,1-4H3. The van der Waals surface area contributed by atoms with Crippen molar-refractivity contribution in [2.45, 2.75) is 39.7 Å². The van der Waals surface area contributed by atoms with E-state index in [1.807, 2.05) is 7.05 Å². The lowest BCUT2D eigenvalue weighted by molar-refractivity contribution is 0.105. The topological polar surface area (TPSA) is 21.3 Å². The summed E-state index contributed by atoms with van der Waals surface area (Å²) in [7, 11) is 2.00. The van der Waals surface area contributed by atoms with Crippen molar-refractivity contribution in [1.82, 2.24) is 5.32 Å². The first-order chi connectivity index (χ1) is 5.66. The van der Waals surface area contributed by atoms with Gasteiger partial charge in [0.05, 0.1) is 0 Å². The minimum atomic E-state index is 0.618. The van der Waals surface area contributed by atoms with Gasteiger partial charge in [0.15, 0.2) is 0 Å². The molecule has 74 valence electrons. The van der Waals surface area contributed by atoms with Crippen LogP contribution in [0, 0.1) is 5.92 Å². The Morgan fingerprint density at radius 3 is 2.42 bits per heavy atom. The molecule has 1 N–H and O–H groups in total. The van der Waals surface area contributed by atoms with Crippen LogP contribution in [0.25, 0.3) is 0 Å². The number of nitrogens with one attached hydrogen (secondary N) is 1. The van der Waals surface area contributed by atoms with Gasteiger partial charge in [-0.3, -0.25) is 0 Å². The maximum Gasteiger partial charge on any atom is 0.0488 e. The van der Waals surface area contributed by atoms with Crippen molar-refractivity contribution in [3.63, 3.8) is 0 Å². The lowest BCUT2D eigenvalue weighted by Crippen LogP contribution is -2.21. The van der Waals surface area contributed by atoms with Crippen LogP contribution in [0.2, 0.25) is 0 Å². The molecular formula is C10H23NO. The summed E-state index contributed by atoms with van der Waals surface area (Å²) in [6, 6.07) is 0.618. The van der Waals surface area contributed by atoms with Gasteiger partial charge in [-0.05, 0) is 32.7 Å². The van der Waals surface area contributed by atoms with Crippen molar-refractivity contribution in [2.75, 3.05) is 20.3 Å². The molecule has 0 heterocycles. The second kappa shape index (κ2) is 7.56. The van der Waals surface area contributed by atoms with Gasteiger partial charge >= 0.3 is 0 Å². The summed E-state index contributed by atoms with van der Waals surface area (Å²) in [4.78, 5) is 0. The molecule has 0 aliphatic carbocycles. The highest BCUT2D eigenvalue weighted by Crippen LogP contribution is 1.98. The maximum absolute atomic E-state index is 5.46. The zero-order valence-electron chi connectivity index (χ0n) is 8.89. The Morgan fingerprint density at radius 1 is 1.25 bits per heavy atom. The molecule has 1 atom stereocenters. The molecule has 0 rings (SSSR count). The molecule has 1 unspecified atom stereocenters. The van der Waals surface area contributed by atoms with E-state index in [-0.39, 0.29) is 0 Å². The summed E-state index contributed by atoms with van der Waals surface area (Å²) < 4.78 is 5.46. The van der Waals surface area contributed by atoms with E-state index in [2.05, 4.69) is 26.1 Å². The summed E-state index contributed by atoms with van der Waals surface area (Å²) in [5.74, 6) is 0.659. The minimum absolute atomic E-state index is 0.618. The summed E-state index contributed by atoms with van der Waals surface area (Å²) >= 11 is 0. The Morgan fingerprint density at radius 2 is 1.92 bits per heavy atom. The van der Waals surface area contributed by atoms with E-state index < -0.39 is 0 Å². The fourth-order valence-electron chi connectivity index (χ4n) is 0.955. The van der Waals surface area contributed by atoms with Gasteiger partial charge in [-0.2, -0.15) is 0 Å². The molecule has 0 aromatic rings. The quantitative estimate of drug-likeness (QED) is 0.595. The van der Waals surface area contributed by atoms with E-state index in [0.29, 0.717) is 12.0 Å². The second-order valence-corrected chi connectivity index (χ2v) is 3.80. The van der Waals surface area contributed by atoms with E-state index in [0.717, 1.165) is 19.6 Å². The predicted octanol–water partition coefficient (Wildman–Crippen LogP) is 2.05. The van der Waals surface area contributed by atoms with Crippen molar-refractivity contribution in [1.29, 1.82) is 0 Å². The zero-order chi connectivity index (χ0) is 9.40. The van der Waals surface area contributed by atoms with Crippen molar-refractivity contribution in [3.05, 3.63) is 0 Å². The van der Waals surface area contributed by atoms with E-state index in [9.17, 15) is 0 Å². The molecule has 0 spiro atoms. The van der Waals surface area contributed by atoms with E-state index >= 15 is 0 Å². The minimum Gasteiger partial charge on any atom is -0.381 e. The molecule has 0 aromatic heterocycles. The average molecular weight is 173 g/mol. The van der Waals surface area contributed by atoms with Gasteiger partial charge in [-0.15, -0.1) is 0 Å². The third kappa shape index (κ3) is 8.02. The van der Waals surface area contributed by atoms with Crippen molar-refractivity contribution >= 4 is 0 Å². The van der Waals surface area contributed by atoms with Gasteiger partial charge in [-0.25, -0.2) is 0 Å².